The third kappa shape index (κ3) is 4.50. The van der Waals surface area contributed by atoms with Crippen LogP contribution in [0.25, 0.3) is 22.2 Å². The molecule has 1 N–H and O–H groups in total. The van der Waals surface area contributed by atoms with E-state index in [1.807, 2.05) is 46.0 Å². The number of benzene rings is 1. The molecular weight excluding hydrogens is 352 g/mol. The molecule has 1 amide bonds. The minimum absolute atomic E-state index is 0.268. The van der Waals surface area contributed by atoms with Crippen LogP contribution < -0.4 is 5.32 Å². The van der Waals surface area contributed by atoms with Gasteiger partial charge in [0, 0.05) is 24.5 Å². The number of aryl methyl sites for hydroxylation is 1. The number of rotatable bonds is 5. The van der Waals surface area contributed by atoms with Gasteiger partial charge in [-0.1, -0.05) is 19.1 Å². The summed E-state index contributed by atoms with van der Waals surface area (Å²) in [5, 5.41) is 2.90. The fourth-order valence-corrected chi connectivity index (χ4v) is 3.20. The number of carbonyl (C=O) groups excluding carboxylic acids is 1. The number of nitrogens with one attached hydrogen (secondary N) is 1. The van der Waals surface area contributed by atoms with Crippen molar-refractivity contribution in [1.82, 2.24) is 19.9 Å². The number of amides is 1. The Balaban J connectivity index is 1.94. The first-order valence-corrected chi connectivity index (χ1v) is 9.68. The molecule has 2 heterocycles. The van der Waals surface area contributed by atoms with Gasteiger partial charge in [0.15, 0.2) is 0 Å². The Morgan fingerprint density at radius 3 is 2.68 bits per heavy atom. The van der Waals surface area contributed by atoms with Gasteiger partial charge < -0.3 is 14.6 Å². The van der Waals surface area contributed by atoms with Gasteiger partial charge in [0.05, 0.1) is 17.1 Å². The predicted octanol–water partition coefficient (Wildman–Crippen LogP) is 5.09. The van der Waals surface area contributed by atoms with Gasteiger partial charge >= 0.3 is 6.09 Å². The molecule has 28 heavy (non-hydrogen) atoms. The van der Waals surface area contributed by atoms with Crippen LogP contribution in [0.15, 0.2) is 42.7 Å². The Morgan fingerprint density at radius 1 is 1.25 bits per heavy atom. The second-order valence-corrected chi connectivity index (χ2v) is 7.93. The minimum atomic E-state index is -0.536. The summed E-state index contributed by atoms with van der Waals surface area (Å²) in [4.78, 5) is 21.2. The molecule has 0 spiro atoms. The molecule has 0 bridgehead atoms. The van der Waals surface area contributed by atoms with Gasteiger partial charge in [-0.15, -0.1) is 0 Å². The first-order valence-electron chi connectivity index (χ1n) is 9.68. The molecule has 3 rings (SSSR count). The highest BCUT2D eigenvalue weighted by molar-refractivity contribution is 5.82. The average molecular weight is 380 g/mol. The molecule has 1 aromatic carbocycles. The fraction of sp³-hybridized carbons (Fsp3) is 0.409. The van der Waals surface area contributed by atoms with Crippen LogP contribution in [0.1, 0.15) is 52.9 Å². The highest BCUT2D eigenvalue weighted by Crippen LogP contribution is 2.27. The van der Waals surface area contributed by atoms with Crippen molar-refractivity contribution in [2.75, 3.05) is 0 Å². The number of hydrogen-bond acceptors (Lipinski definition) is 4. The smallest absolute Gasteiger partial charge is 0.408 e. The number of carbonyl (C=O) groups is 1. The van der Waals surface area contributed by atoms with Crippen LogP contribution in [0.3, 0.4) is 0 Å². The fourth-order valence-electron chi connectivity index (χ4n) is 3.20. The highest BCUT2D eigenvalue weighted by atomic mass is 16.6. The molecule has 0 saturated carbocycles. The van der Waals surface area contributed by atoms with Crippen LogP contribution in [0.2, 0.25) is 0 Å². The molecule has 0 aliphatic rings. The summed E-state index contributed by atoms with van der Waals surface area (Å²) < 4.78 is 7.56. The van der Waals surface area contributed by atoms with Crippen LogP contribution in [0.4, 0.5) is 4.79 Å². The van der Waals surface area contributed by atoms with Crippen LogP contribution >= 0.6 is 0 Å². The van der Waals surface area contributed by atoms with Crippen molar-refractivity contribution < 1.29 is 9.53 Å². The summed E-state index contributed by atoms with van der Waals surface area (Å²) >= 11 is 0. The number of ether oxygens (including phenoxy) is 1. The van der Waals surface area contributed by atoms with E-state index in [1.165, 1.54) is 0 Å². The second-order valence-electron chi connectivity index (χ2n) is 7.93. The molecule has 0 saturated heterocycles. The van der Waals surface area contributed by atoms with Crippen LogP contribution in [0, 0.1) is 0 Å². The van der Waals surface area contributed by atoms with Crippen LogP contribution in [-0.4, -0.2) is 26.2 Å². The normalized spacial score (nSPS) is 12.8. The van der Waals surface area contributed by atoms with Gasteiger partial charge in [-0.25, -0.2) is 9.78 Å². The van der Waals surface area contributed by atoms with E-state index < -0.39 is 11.7 Å². The molecule has 1 unspecified atom stereocenters. The molecule has 0 aliphatic heterocycles. The van der Waals surface area contributed by atoms with E-state index in [1.54, 1.807) is 6.20 Å². The monoisotopic (exact) mass is 380 g/mol. The topological polar surface area (TPSA) is 69.0 Å². The molecule has 3 aromatic rings. The zero-order valence-electron chi connectivity index (χ0n) is 17.2. The third-order valence-electron chi connectivity index (χ3n) is 4.34. The van der Waals surface area contributed by atoms with E-state index >= 15 is 0 Å². The zero-order valence-corrected chi connectivity index (χ0v) is 17.2. The number of fused-ring (bicyclic) bond motifs is 1. The Kier molecular flexibility index (Phi) is 5.68. The van der Waals surface area contributed by atoms with Crippen LogP contribution in [-0.2, 0) is 11.3 Å². The van der Waals surface area contributed by atoms with Crippen molar-refractivity contribution >= 4 is 17.1 Å². The molecule has 0 aliphatic carbocycles. The van der Waals surface area contributed by atoms with Crippen molar-refractivity contribution in [3.63, 3.8) is 0 Å². The Labute approximate surface area is 166 Å². The first kappa shape index (κ1) is 19.9. The molecule has 2 aromatic heterocycles. The maximum absolute atomic E-state index is 12.2. The van der Waals surface area contributed by atoms with E-state index in [0.29, 0.717) is 0 Å². The van der Waals surface area contributed by atoms with Crippen molar-refractivity contribution in [3.8, 4) is 11.1 Å². The van der Waals surface area contributed by atoms with Gasteiger partial charge in [0.2, 0.25) is 0 Å². The summed E-state index contributed by atoms with van der Waals surface area (Å²) in [7, 11) is 0. The Bertz CT molecular complexity index is 958. The summed E-state index contributed by atoms with van der Waals surface area (Å²) in [6, 6.07) is 9.93. The number of nitrogens with zero attached hydrogens (tertiary/aromatic N) is 3. The maximum Gasteiger partial charge on any atom is 0.408 e. The number of imidazole rings is 1. The van der Waals surface area contributed by atoms with E-state index in [4.69, 9.17) is 9.72 Å². The number of hydrogen-bond donors (Lipinski definition) is 1. The summed E-state index contributed by atoms with van der Waals surface area (Å²) in [5.74, 6) is 0.825. The quantitative estimate of drug-likeness (QED) is 0.669. The molecule has 0 fully saturated rings. The second kappa shape index (κ2) is 8.00. The molecule has 1 atom stereocenters. The largest absolute Gasteiger partial charge is 0.444 e. The Morgan fingerprint density at radius 2 is 2.04 bits per heavy atom. The highest BCUT2D eigenvalue weighted by Gasteiger charge is 2.22. The maximum atomic E-state index is 12.2. The van der Waals surface area contributed by atoms with Gasteiger partial charge in [0.25, 0.3) is 0 Å². The lowest BCUT2D eigenvalue weighted by atomic mass is 10.1. The molecular formula is C22H28N4O2. The van der Waals surface area contributed by atoms with E-state index in [0.717, 1.165) is 41.0 Å². The molecule has 148 valence electrons. The molecule has 6 heteroatoms. The lowest BCUT2D eigenvalue weighted by Crippen LogP contribution is -2.35. The molecule has 6 nitrogen and oxygen atoms in total. The van der Waals surface area contributed by atoms with Crippen molar-refractivity contribution in [2.45, 2.75) is 59.2 Å². The summed E-state index contributed by atoms with van der Waals surface area (Å²) in [6.07, 6.45) is 4.14. The van der Waals surface area contributed by atoms with Crippen molar-refractivity contribution in [2.24, 2.45) is 0 Å². The predicted molar refractivity (Wildman–Crippen MR) is 111 cm³/mol. The van der Waals surface area contributed by atoms with Crippen molar-refractivity contribution in [3.05, 3.63) is 48.5 Å². The van der Waals surface area contributed by atoms with Gasteiger partial charge in [-0.05, 0) is 57.9 Å². The van der Waals surface area contributed by atoms with Crippen LogP contribution in [0.5, 0.6) is 0 Å². The SMILES string of the molecule is CCCn1c(C(C)NC(=O)OC(C)(C)C)nc2cc(-c3cccnc3)ccc21. The van der Waals surface area contributed by atoms with E-state index in [2.05, 4.69) is 40.0 Å². The van der Waals surface area contributed by atoms with E-state index in [-0.39, 0.29) is 6.04 Å². The average Bonchev–Trinajstić information content (AvgIpc) is 2.99. The lowest BCUT2D eigenvalue weighted by molar-refractivity contribution is 0.0505. The lowest BCUT2D eigenvalue weighted by Gasteiger charge is -2.22. The van der Waals surface area contributed by atoms with Gasteiger partial charge in [-0.2, -0.15) is 0 Å². The number of pyridine rings is 1. The van der Waals surface area contributed by atoms with E-state index in [9.17, 15) is 4.79 Å². The summed E-state index contributed by atoms with van der Waals surface area (Å²) in [6.45, 7) is 10.4. The zero-order chi connectivity index (χ0) is 20.3. The minimum Gasteiger partial charge on any atom is -0.444 e. The number of aromatic nitrogens is 3. The Hall–Kier alpha value is -2.89. The molecule has 0 radical (unpaired) electrons. The number of alkyl carbamates (subject to hydrolysis) is 1. The van der Waals surface area contributed by atoms with Crippen molar-refractivity contribution in [1.29, 1.82) is 0 Å². The standard InChI is InChI=1S/C22H28N4O2/c1-6-12-26-19-10-9-16(17-8-7-11-23-14-17)13-18(19)25-20(26)15(2)24-21(27)28-22(3,4)5/h7-11,13-15H,6,12H2,1-5H3,(H,24,27). The first-order chi connectivity index (χ1) is 13.3. The summed E-state index contributed by atoms with van der Waals surface area (Å²) in [5.41, 5.74) is 3.55. The van der Waals surface area contributed by atoms with Gasteiger partial charge in [-0.3, -0.25) is 4.98 Å². The third-order valence-corrected chi connectivity index (χ3v) is 4.34. The van der Waals surface area contributed by atoms with Gasteiger partial charge in [0.1, 0.15) is 11.4 Å².